The molecular weight excluding hydrogens is 381 g/mol. The molecule has 7 heteroatoms. The van der Waals surface area contributed by atoms with Crippen molar-refractivity contribution in [2.45, 2.75) is 39.8 Å². The van der Waals surface area contributed by atoms with Crippen LogP contribution >= 0.6 is 0 Å². The van der Waals surface area contributed by atoms with Crippen LogP contribution in [0.3, 0.4) is 0 Å². The SMILES string of the molecule is CCCNC(=O)c1nnn(-c2cccc3c2CCN(Cc2ccccc2F)C3)c1C. The van der Waals surface area contributed by atoms with Gasteiger partial charge >= 0.3 is 0 Å². The van der Waals surface area contributed by atoms with E-state index in [0.29, 0.717) is 24.3 Å². The lowest BCUT2D eigenvalue weighted by Crippen LogP contribution is -2.31. The number of rotatable bonds is 6. The molecule has 1 N–H and O–H groups in total. The molecule has 30 heavy (non-hydrogen) atoms. The second kappa shape index (κ2) is 8.75. The maximum Gasteiger partial charge on any atom is 0.273 e. The van der Waals surface area contributed by atoms with Crippen LogP contribution in [0.4, 0.5) is 4.39 Å². The molecule has 1 aliphatic heterocycles. The second-order valence-corrected chi connectivity index (χ2v) is 7.66. The van der Waals surface area contributed by atoms with E-state index < -0.39 is 0 Å². The molecule has 2 aromatic carbocycles. The van der Waals surface area contributed by atoms with Crippen LogP contribution in [0.25, 0.3) is 5.69 Å². The summed E-state index contributed by atoms with van der Waals surface area (Å²) in [7, 11) is 0. The van der Waals surface area contributed by atoms with E-state index in [9.17, 15) is 9.18 Å². The summed E-state index contributed by atoms with van der Waals surface area (Å²) in [6.45, 7) is 6.65. The Hall–Kier alpha value is -3.06. The highest BCUT2D eigenvalue weighted by molar-refractivity contribution is 5.93. The monoisotopic (exact) mass is 407 g/mol. The maximum absolute atomic E-state index is 14.0. The van der Waals surface area contributed by atoms with Crippen LogP contribution in [0.2, 0.25) is 0 Å². The van der Waals surface area contributed by atoms with Crippen LogP contribution in [0, 0.1) is 12.7 Å². The average Bonchev–Trinajstić information content (AvgIpc) is 3.14. The third-order valence-corrected chi connectivity index (χ3v) is 5.55. The highest BCUT2D eigenvalue weighted by Gasteiger charge is 2.23. The van der Waals surface area contributed by atoms with Crippen LogP contribution in [-0.2, 0) is 19.5 Å². The van der Waals surface area contributed by atoms with Gasteiger partial charge in [0.25, 0.3) is 5.91 Å². The van der Waals surface area contributed by atoms with Gasteiger partial charge in [0.1, 0.15) is 5.82 Å². The summed E-state index contributed by atoms with van der Waals surface area (Å²) in [5.41, 5.74) is 5.16. The standard InChI is InChI=1S/C23H26FN5O/c1-3-12-25-23(30)22-16(2)29(27-26-22)21-10-6-8-17-14-28(13-11-19(17)21)15-18-7-4-5-9-20(18)24/h4-10H,3,11-15H2,1-2H3,(H,25,30). The minimum Gasteiger partial charge on any atom is -0.351 e. The fourth-order valence-corrected chi connectivity index (χ4v) is 3.94. The minimum absolute atomic E-state index is 0.163. The molecule has 0 bridgehead atoms. The number of nitrogens with one attached hydrogen (secondary N) is 1. The predicted octanol–water partition coefficient (Wildman–Crippen LogP) is 3.41. The first-order valence-corrected chi connectivity index (χ1v) is 10.4. The number of hydrogen-bond donors (Lipinski definition) is 1. The first-order valence-electron chi connectivity index (χ1n) is 10.4. The number of amides is 1. The molecule has 1 aromatic heterocycles. The van der Waals surface area contributed by atoms with Crippen LogP contribution in [-0.4, -0.2) is 38.9 Å². The van der Waals surface area contributed by atoms with E-state index in [1.54, 1.807) is 10.7 Å². The van der Waals surface area contributed by atoms with Gasteiger partial charge in [0, 0.05) is 31.7 Å². The number of halogens is 1. The molecule has 2 heterocycles. The van der Waals surface area contributed by atoms with Crippen LogP contribution in [0.15, 0.2) is 42.5 Å². The lowest BCUT2D eigenvalue weighted by molar-refractivity contribution is 0.0948. The molecule has 0 unspecified atom stereocenters. The van der Waals surface area contributed by atoms with Crippen LogP contribution < -0.4 is 5.32 Å². The number of hydrogen-bond acceptors (Lipinski definition) is 4. The van der Waals surface area contributed by atoms with Crippen LogP contribution in [0.1, 0.15) is 46.2 Å². The summed E-state index contributed by atoms with van der Waals surface area (Å²) in [4.78, 5) is 14.6. The second-order valence-electron chi connectivity index (χ2n) is 7.66. The number of carbonyl (C=O) groups is 1. The highest BCUT2D eigenvalue weighted by Crippen LogP contribution is 2.27. The smallest absolute Gasteiger partial charge is 0.273 e. The fraction of sp³-hybridized carbons (Fsp3) is 0.348. The number of nitrogens with zero attached hydrogens (tertiary/aromatic N) is 4. The molecule has 0 fully saturated rings. The topological polar surface area (TPSA) is 63.1 Å². The van der Waals surface area contributed by atoms with Gasteiger partial charge < -0.3 is 5.32 Å². The van der Waals surface area contributed by atoms with Crippen molar-refractivity contribution in [3.05, 3.63) is 76.4 Å². The molecule has 0 atom stereocenters. The van der Waals surface area contributed by atoms with E-state index >= 15 is 0 Å². The van der Waals surface area contributed by atoms with Crippen molar-refractivity contribution in [3.63, 3.8) is 0 Å². The Balaban J connectivity index is 1.57. The zero-order valence-electron chi connectivity index (χ0n) is 17.4. The molecule has 1 amide bonds. The Bertz CT molecular complexity index is 1060. The number of aromatic nitrogens is 3. The maximum atomic E-state index is 14.0. The molecule has 0 saturated heterocycles. The summed E-state index contributed by atoms with van der Waals surface area (Å²) in [5.74, 6) is -0.356. The number of benzene rings is 2. The van der Waals surface area contributed by atoms with Gasteiger partial charge in [0.05, 0.1) is 11.4 Å². The molecule has 4 rings (SSSR count). The fourth-order valence-electron chi connectivity index (χ4n) is 3.94. The van der Waals surface area contributed by atoms with Gasteiger partial charge in [-0.2, -0.15) is 0 Å². The Labute approximate surface area is 175 Å². The minimum atomic E-state index is -0.193. The summed E-state index contributed by atoms with van der Waals surface area (Å²) in [5, 5.41) is 11.2. The molecule has 0 radical (unpaired) electrons. The van der Waals surface area contributed by atoms with Gasteiger partial charge in [-0.1, -0.05) is 42.5 Å². The Morgan fingerprint density at radius 3 is 2.83 bits per heavy atom. The molecule has 0 spiro atoms. The molecule has 3 aromatic rings. The van der Waals surface area contributed by atoms with Crippen LogP contribution in [0.5, 0.6) is 0 Å². The lowest BCUT2D eigenvalue weighted by Gasteiger charge is -2.30. The van der Waals surface area contributed by atoms with Gasteiger partial charge in [-0.25, -0.2) is 9.07 Å². The van der Waals surface area contributed by atoms with Gasteiger partial charge in [-0.05, 0) is 43.0 Å². The number of carbonyl (C=O) groups excluding carboxylic acids is 1. The summed E-state index contributed by atoms with van der Waals surface area (Å²) < 4.78 is 15.8. The zero-order valence-corrected chi connectivity index (χ0v) is 17.4. The van der Waals surface area contributed by atoms with Gasteiger partial charge in [0.2, 0.25) is 0 Å². The Kier molecular flexibility index (Phi) is 5.90. The average molecular weight is 407 g/mol. The first-order chi connectivity index (χ1) is 14.6. The third kappa shape index (κ3) is 3.98. The van der Waals surface area contributed by atoms with E-state index in [4.69, 9.17) is 0 Å². The largest absolute Gasteiger partial charge is 0.351 e. The quantitative estimate of drug-likeness (QED) is 0.680. The van der Waals surface area contributed by atoms with Crippen molar-refractivity contribution in [2.24, 2.45) is 0 Å². The normalized spacial score (nSPS) is 13.8. The summed E-state index contributed by atoms with van der Waals surface area (Å²) >= 11 is 0. The highest BCUT2D eigenvalue weighted by atomic mass is 19.1. The van der Waals surface area contributed by atoms with E-state index in [2.05, 4.69) is 26.6 Å². The van der Waals surface area contributed by atoms with Crippen molar-refractivity contribution in [1.29, 1.82) is 0 Å². The van der Waals surface area contributed by atoms with Crippen molar-refractivity contribution in [3.8, 4) is 5.69 Å². The molecule has 0 aliphatic carbocycles. The van der Waals surface area contributed by atoms with E-state index in [1.165, 1.54) is 17.2 Å². The van der Waals surface area contributed by atoms with Gasteiger partial charge in [-0.3, -0.25) is 9.69 Å². The molecule has 1 aliphatic rings. The Morgan fingerprint density at radius 2 is 2.03 bits per heavy atom. The zero-order chi connectivity index (χ0) is 21.1. The molecule has 6 nitrogen and oxygen atoms in total. The summed E-state index contributed by atoms with van der Waals surface area (Å²) in [6, 6.07) is 13.1. The Morgan fingerprint density at radius 1 is 1.20 bits per heavy atom. The summed E-state index contributed by atoms with van der Waals surface area (Å²) in [6.07, 6.45) is 1.70. The van der Waals surface area contributed by atoms with Gasteiger partial charge in [0.15, 0.2) is 5.69 Å². The molecule has 156 valence electrons. The van der Waals surface area contributed by atoms with E-state index in [0.717, 1.165) is 37.3 Å². The lowest BCUT2D eigenvalue weighted by atomic mass is 9.97. The van der Waals surface area contributed by atoms with Crippen molar-refractivity contribution in [1.82, 2.24) is 25.2 Å². The molecule has 0 saturated carbocycles. The van der Waals surface area contributed by atoms with Crippen molar-refractivity contribution < 1.29 is 9.18 Å². The van der Waals surface area contributed by atoms with E-state index in [-0.39, 0.29) is 11.7 Å². The van der Waals surface area contributed by atoms with Crippen molar-refractivity contribution >= 4 is 5.91 Å². The first kappa shape index (κ1) is 20.2. The predicted molar refractivity (Wildman–Crippen MR) is 113 cm³/mol. The van der Waals surface area contributed by atoms with Crippen molar-refractivity contribution in [2.75, 3.05) is 13.1 Å². The van der Waals surface area contributed by atoms with Gasteiger partial charge in [-0.15, -0.1) is 5.10 Å². The number of fused-ring (bicyclic) bond motifs is 1. The third-order valence-electron chi connectivity index (χ3n) is 5.55. The molecular formula is C23H26FN5O. The van der Waals surface area contributed by atoms with E-state index in [1.807, 2.05) is 38.1 Å².